The zero-order valence-electron chi connectivity index (χ0n) is 14.5. The van der Waals surface area contributed by atoms with Crippen molar-refractivity contribution in [2.24, 2.45) is 5.92 Å². The second kappa shape index (κ2) is 8.28. The lowest BCUT2D eigenvalue weighted by Gasteiger charge is -2.28. The predicted molar refractivity (Wildman–Crippen MR) is 98.4 cm³/mol. The van der Waals surface area contributed by atoms with Crippen LogP contribution in [0.15, 0.2) is 18.2 Å². The van der Waals surface area contributed by atoms with E-state index in [1.807, 2.05) is 18.2 Å². The number of carbonyl (C=O) groups excluding carboxylic acids is 1. The third-order valence-corrected chi connectivity index (χ3v) is 5.35. The van der Waals surface area contributed by atoms with Gasteiger partial charge in [-0.1, -0.05) is 6.07 Å². The number of carbonyl (C=O) groups is 1. The summed E-state index contributed by atoms with van der Waals surface area (Å²) in [7, 11) is 0. The van der Waals surface area contributed by atoms with Gasteiger partial charge in [-0.05, 0) is 49.3 Å². The van der Waals surface area contributed by atoms with Crippen LogP contribution >= 0.6 is 12.4 Å². The van der Waals surface area contributed by atoms with Crippen LogP contribution in [-0.4, -0.2) is 31.2 Å². The topological polar surface area (TPSA) is 59.6 Å². The summed E-state index contributed by atoms with van der Waals surface area (Å²) in [5.41, 5.74) is 1.05. The van der Waals surface area contributed by atoms with Crippen molar-refractivity contribution in [2.75, 3.05) is 13.2 Å². The normalized spacial score (nSPS) is 27.1. The molecule has 2 atom stereocenters. The molecule has 138 valence electrons. The first-order chi connectivity index (χ1) is 11.8. The Labute approximate surface area is 155 Å². The molecule has 0 aromatic heterocycles. The number of amides is 1. The smallest absolute Gasteiger partial charge is 0.220 e. The molecule has 0 radical (unpaired) electrons. The molecule has 3 heterocycles. The molecule has 2 N–H and O–H groups in total. The minimum atomic E-state index is 0. The molecule has 3 aliphatic heterocycles. The monoisotopic (exact) mass is 366 g/mol. The van der Waals surface area contributed by atoms with E-state index in [1.165, 1.54) is 12.8 Å². The number of hydrogen-bond acceptors (Lipinski definition) is 4. The fourth-order valence-corrected chi connectivity index (χ4v) is 4.19. The molecule has 1 amide bonds. The van der Waals surface area contributed by atoms with Gasteiger partial charge in [0.15, 0.2) is 11.5 Å². The maximum Gasteiger partial charge on any atom is 0.220 e. The summed E-state index contributed by atoms with van der Waals surface area (Å²) in [6.45, 7) is 1.93. The number of ether oxygens (including phenoxy) is 2. The van der Waals surface area contributed by atoms with Crippen molar-refractivity contribution in [1.29, 1.82) is 0 Å². The Balaban J connectivity index is 0.00000182. The molecule has 0 spiro atoms. The molecule has 3 aliphatic rings. The lowest BCUT2D eigenvalue weighted by molar-refractivity contribution is -0.122. The number of hydrogen-bond donors (Lipinski definition) is 2. The van der Waals surface area contributed by atoms with Gasteiger partial charge in [0.05, 0.1) is 13.2 Å². The summed E-state index contributed by atoms with van der Waals surface area (Å²) < 4.78 is 11.3. The van der Waals surface area contributed by atoms with E-state index in [0.29, 0.717) is 44.2 Å². The summed E-state index contributed by atoms with van der Waals surface area (Å²) in [5, 5.41) is 6.69. The summed E-state index contributed by atoms with van der Waals surface area (Å²) in [6.07, 6.45) is 6.40. The lowest BCUT2D eigenvalue weighted by Crippen LogP contribution is -2.39. The quantitative estimate of drug-likeness (QED) is 0.860. The van der Waals surface area contributed by atoms with Crippen molar-refractivity contribution >= 4 is 18.3 Å². The van der Waals surface area contributed by atoms with Gasteiger partial charge in [0.25, 0.3) is 0 Å². The first kappa shape index (κ1) is 18.3. The molecular formula is C19H27ClN2O3. The minimum absolute atomic E-state index is 0. The fourth-order valence-electron chi connectivity index (χ4n) is 4.19. The second-order valence-corrected chi connectivity index (χ2v) is 7.29. The maximum atomic E-state index is 12.3. The van der Waals surface area contributed by atoms with E-state index >= 15 is 0 Å². The summed E-state index contributed by atoms with van der Waals surface area (Å²) in [6, 6.07) is 7.20. The molecule has 0 aliphatic carbocycles. The molecular weight excluding hydrogens is 340 g/mol. The van der Waals surface area contributed by atoms with Crippen molar-refractivity contribution in [3.63, 3.8) is 0 Å². The number of nitrogens with one attached hydrogen (secondary N) is 2. The van der Waals surface area contributed by atoms with Crippen LogP contribution in [0.3, 0.4) is 0 Å². The minimum Gasteiger partial charge on any atom is -0.490 e. The summed E-state index contributed by atoms with van der Waals surface area (Å²) in [5.74, 6) is 2.28. The van der Waals surface area contributed by atoms with Gasteiger partial charge >= 0.3 is 0 Å². The number of fused-ring (bicyclic) bond motifs is 3. The third kappa shape index (κ3) is 4.59. The number of halogens is 1. The largest absolute Gasteiger partial charge is 0.490 e. The Kier molecular flexibility index (Phi) is 6.07. The zero-order valence-corrected chi connectivity index (χ0v) is 15.3. The lowest BCUT2D eigenvalue weighted by atomic mass is 9.89. The summed E-state index contributed by atoms with van der Waals surface area (Å²) in [4.78, 5) is 12.3. The van der Waals surface area contributed by atoms with Crippen LogP contribution in [-0.2, 0) is 11.3 Å². The van der Waals surface area contributed by atoms with Crippen molar-refractivity contribution in [3.05, 3.63) is 23.8 Å². The Morgan fingerprint density at radius 3 is 2.60 bits per heavy atom. The first-order valence-electron chi connectivity index (χ1n) is 9.17. The van der Waals surface area contributed by atoms with E-state index in [9.17, 15) is 4.79 Å². The fraction of sp³-hybridized carbons (Fsp3) is 0.632. The highest BCUT2D eigenvalue weighted by Crippen LogP contribution is 2.33. The standard InChI is InChI=1S/C19H26N2O3.ClH/c22-19(11-14-8-15-3-4-16(9-14)21-15)20-12-13-2-5-17-18(10-13)24-7-1-6-23-17;/h2,5,10,14-16,21H,1,3-4,6-9,11-12H2,(H,20,22);1H. The number of rotatable bonds is 4. The highest BCUT2D eigenvalue weighted by atomic mass is 35.5. The number of benzene rings is 1. The molecule has 6 heteroatoms. The number of piperidine rings is 1. The molecule has 2 unspecified atom stereocenters. The molecule has 2 fully saturated rings. The third-order valence-electron chi connectivity index (χ3n) is 5.35. The van der Waals surface area contributed by atoms with Crippen LogP contribution < -0.4 is 20.1 Å². The Hall–Kier alpha value is -1.46. The van der Waals surface area contributed by atoms with E-state index in [4.69, 9.17) is 9.47 Å². The molecule has 2 bridgehead atoms. The molecule has 0 saturated carbocycles. The SMILES string of the molecule is Cl.O=C(CC1CC2CCC(C1)N2)NCc1ccc2c(c1)OCCCO2. The van der Waals surface area contributed by atoms with E-state index in [2.05, 4.69) is 10.6 Å². The van der Waals surface area contributed by atoms with Gasteiger partial charge in [0.2, 0.25) is 5.91 Å². The molecule has 2 saturated heterocycles. The van der Waals surface area contributed by atoms with E-state index in [0.717, 1.165) is 36.3 Å². The zero-order chi connectivity index (χ0) is 16.4. The Morgan fingerprint density at radius 1 is 1.12 bits per heavy atom. The van der Waals surface area contributed by atoms with Gasteiger partial charge in [0.1, 0.15) is 0 Å². The van der Waals surface area contributed by atoms with Gasteiger partial charge in [-0.15, -0.1) is 12.4 Å². The Bertz CT molecular complexity index is 598. The van der Waals surface area contributed by atoms with Crippen molar-refractivity contribution in [3.8, 4) is 11.5 Å². The van der Waals surface area contributed by atoms with Crippen LogP contribution in [0.5, 0.6) is 11.5 Å². The van der Waals surface area contributed by atoms with Crippen LogP contribution in [0.25, 0.3) is 0 Å². The predicted octanol–water partition coefficient (Wildman–Crippen LogP) is 2.81. The highest BCUT2D eigenvalue weighted by molar-refractivity contribution is 5.85. The average molecular weight is 367 g/mol. The molecule has 1 aromatic carbocycles. The molecule has 4 rings (SSSR count). The maximum absolute atomic E-state index is 12.3. The Morgan fingerprint density at radius 2 is 1.84 bits per heavy atom. The molecule has 5 nitrogen and oxygen atoms in total. The average Bonchev–Trinajstić information content (AvgIpc) is 2.79. The van der Waals surface area contributed by atoms with Gasteiger partial charge in [-0.3, -0.25) is 4.79 Å². The van der Waals surface area contributed by atoms with Gasteiger partial charge in [-0.25, -0.2) is 0 Å². The molecule has 1 aromatic rings. The summed E-state index contributed by atoms with van der Waals surface area (Å²) >= 11 is 0. The van der Waals surface area contributed by atoms with Crippen LogP contribution in [0.1, 0.15) is 44.1 Å². The van der Waals surface area contributed by atoms with Crippen molar-refractivity contribution in [1.82, 2.24) is 10.6 Å². The van der Waals surface area contributed by atoms with Crippen LogP contribution in [0.4, 0.5) is 0 Å². The first-order valence-corrected chi connectivity index (χ1v) is 9.17. The van der Waals surface area contributed by atoms with Crippen molar-refractivity contribution < 1.29 is 14.3 Å². The van der Waals surface area contributed by atoms with E-state index in [-0.39, 0.29) is 18.3 Å². The van der Waals surface area contributed by atoms with E-state index < -0.39 is 0 Å². The van der Waals surface area contributed by atoms with Crippen molar-refractivity contribution in [2.45, 2.75) is 57.2 Å². The van der Waals surface area contributed by atoms with Gasteiger partial charge in [0, 0.05) is 31.5 Å². The van der Waals surface area contributed by atoms with E-state index in [1.54, 1.807) is 0 Å². The van der Waals surface area contributed by atoms with Gasteiger partial charge in [-0.2, -0.15) is 0 Å². The highest BCUT2D eigenvalue weighted by Gasteiger charge is 2.34. The molecule has 25 heavy (non-hydrogen) atoms. The van der Waals surface area contributed by atoms with Gasteiger partial charge < -0.3 is 20.1 Å². The van der Waals surface area contributed by atoms with Crippen LogP contribution in [0, 0.1) is 5.92 Å². The second-order valence-electron chi connectivity index (χ2n) is 7.29. The van der Waals surface area contributed by atoms with Crippen LogP contribution in [0.2, 0.25) is 0 Å².